The van der Waals surface area contributed by atoms with Crippen molar-refractivity contribution in [2.75, 3.05) is 7.11 Å². The van der Waals surface area contributed by atoms with Gasteiger partial charge in [-0.3, -0.25) is 0 Å². The van der Waals surface area contributed by atoms with Crippen molar-refractivity contribution in [1.82, 2.24) is 9.88 Å². The Morgan fingerprint density at radius 1 is 1.37 bits per heavy atom. The van der Waals surface area contributed by atoms with Crippen LogP contribution in [0.15, 0.2) is 41.1 Å². The maximum atomic E-state index is 5.24. The first-order valence-corrected chi connectivity index (χ1v) is 7.07. The summed E-state index contributed by atoms with van der Waals surface area (Å²) < 4.78 is 8.29. The van der Waals surface area contributed by atoms with E-state index in [0.29, 0.717) is 6.04 Å². The van der Waals surface area contributed by atoms with Gasteiger partial charge < -0.3 is 14.6 Å². The van der Waals surface area contributed by atoms with Gasteiger partial charge in [-0.05, 0) is 52.2 Å². The van der Waals surface area contributed by atoms with Crippen molar-refractivity contribution < 1.29 is 4.74 Å². The Labute approximate surface area is 122 Å². The molecule has 0 radical (unpaired) electrons. The van der Waals surface area contributed by atoms with E-state index in [1.54, 1.807) is 7.11 Å². The highest BCUT2D eigenvalue weighted by Gasteiger charge is 2.08. The lowest BCUT2D eigenvalue weighted by atomic mass is 10.1. The van der Waals surface area contributed by atoms with Crippen molar-refractivity contribution in [1.29, 1.82) is 0 Å². The summed E-state index contributed by atoms with van der Waals surface area (Å²) in [5.41, 5.74) is 2.53. The van der Waals surface area contributed by atoms with E-state index in [1.165, 1.54) is 11.1 Å². The number of benzene rings is 1. The molecule has 1 aromatic carbocycles. The summed E-state index contributed by atoms with van der Waals surface area (Å²) in [5.74, 6) is 0.860. The zero-order valence-corrected chi connectivity index (χ0v) is 13.1. The van der Waals surface area contributed by atoms with Crippen molar-refractivity contribution in [3.05, 3.63) is 52.3 Å². The lowest BCUT2D eigenvalue weighted by Crippen LogP contribution is -2.17. The van der Waals surface area contributed by atoms with Gasteiger partial charge in [0.15, 0.2) is 0 Å². The second-order valence-corrected chi connectivity index (χ2v) is 5.54. The van der Waals surface area contributed by atoms with Crippen LogP contribution in [0.5, 0.6) is 5.75 Å². The maximum absolute atomic E-state index is 5.24. The van der Waals surface area contributed by atoms with Crippen LogP contribution in [0, 0.1) is 0 Å². The molecule has 0 aliphatic rings. The van der Waals surface area contributed by atoms with Crippen LogP contribution in [-0.2, 0) is 13.6 Å². The molecule has 2 rings (SSSR count). The van der Waals surface area contributed by atoms with Gasteiger partial charge in [0.05, 0.1) is 11.6 Å². The first-order chi connectivity index (χ1) is 9.10. The molecule has 1 N–H and O–H groups in total. The van der Waals surface area contributed by atoms with Gasteiger partial charge in [0.2, 0.25) is 0 Å². The number of halogens is 1. The number of methoxy groups -OCH3 is 1. The van der Waals surface area contributed by atoms with E-state index < -0.39 is 0 Å². The molecule has 3 nitrogen and oxygen atoms in total. The van der Waals surface area contributed by atoms with Crippen molar-refractivity contribution in [3.8, 4) is 5.75 Å². The summed E-state index contributed by atoms with van der Waals surface area (Å²) in [4.78, 5) is 0. The maximum Gasteiger partial charge on any atom is 0.133 e. The van der Waals surface area contributed by atoms with Gasteiger partial charge in [-0.1, -0.05) is 6.07 Å². The normalized spacial score (nSPS) is 12.4. The molecule has 2 aromatic rings. The molecule has 0 fully saturated rings. The molecule has 0 aliphatic heterocycles. The predicted octanol–water partition coefficient (Wildman–Crippen LogP) is 3.65. The molecule has 1 unspecified atom stereocenters. The molecule has 0 spiro atoms. The van der Waals surface area contributed by atoms with Crippen molar-refractivity contribution in [2.24, 2.45) is 7.05 Å². The third-order valence-electron chi connectivity index (χ3n) is 3.18. The van der Waals surface area contributed by atoms with E-state index >= 15 is 0 Å². The van der Waals surface area contributed by atoms with E-state index in [1.807, 2.05) is 13.1 Å². The first kappa shape index (κ1) is 14.2. The van der Waals surface area contributed by atoms with E-state index in [9.17, 15) is 0 Å². The first-order valence-electron chi connectivity index (χ1n) is 6.28. The monoisotopic (exact) mass is 322 g/mol. The van der Waals surface area contributed by atoms with Crippen molar-refractivity contribution >= 4 is 15.9 Å². The molecule has 1 aromatic heterocycles. The van der Waals surface area contributed by atoms with Gasteiger partial charge in [0.25, 0.3) is 0 Å². The molecule has 1 heterocycles. The minimum Gasteiger partial charge on any atom is -0.496 e. The number of hydrogen-bond donors (Lipinski definition) is 1. The van der Waals surface area contributed by atoms with Crippen LogP contribution in [0.1, 0.15) is 24.1 Å². The van der Waals surface area contributed by atoms with Crippen LogP contribution in [0.2, 0.25) is 0 Å². The molecule has 0 amide bonds. The fraction of sp³-hybridized carbons (Fsp3) is 0.333. The van der Waals surface area contributed by atoms with Gasteiger partial charge in [-0.2, -0.15) is 0 Å². The highest BCUT2D eigenvalue weighted by Crippen LogP contribution is 2.28. The second kappa shape index (κ2) is 6.26. The largest absolute Gasteiger partial charge is 0.496 e. The number of nitrogens with zero attached hydrogens (tertiary/aromatic N) is 1. The Bertz CT molecular complexity index is 551. The Balaban J connectivity index is 1.99. The summed E-state index contributed by atoms with van der Waals surface area (Å²) in [6, 6.07) is 8.60. The Morgan fingerprint density at radius 3 is 2.74 bits per heavy atom. The van der Waals surface area contributed by atoms with Crippen LogP contribution in [0.3, 0.4) is 0 Å². The number of rotatable bonds is 5. The quantitative estimate of drug-likeness (QED) is 0.909. The molecule has 1 atom stereocenters. The van der Waals surface area contributed by atoms with Gasteiger partial charge in [-0.15, -0.1) is 0 Å². The second-order valence-electron chi connectivity index (χ2n) is 4.68. The summed E-state index contributed by atoms with van der Waals surface area (Å²) in [7, 11) is 3.71. The van der Waals surface area contributed by atoms with Crippen LogP contribution in [0.25, 0.3) is 0 Å². The Kier molecular flexibility index (Phi) is 4.66. The summed E-state index contributed by atoms with van der Waals surface area (Å²) in [6.07, 6.45) is 4.19. The van der Waals surface area contributed by atoms with Gasteiger partial charge >= 0.3 is 0 Å². The third kappa shape index (κ3) is 3.61. The third-order valence-corrected chi connectivity index (χ3v) is 3.80. The average Bonchev–Trinajstić information content (AvgIpc) is 2.81. The van der Waals surface area contributed by atoms with E-state index in [-0.39, 0.29) is 0 Å². The molecular formula is C15H19BrN2O. The number of aryl methyl sites for hydroxylation is 1. The van der Waals surface area contributed by atoms with Crippen LogP contribution in [0.4, 0.5) is 0 Å². The zero-order valence-electron chi connectivity index (χ0n) is 11.5. The fourth-order valence-electron chi connectivity index (χ4n) is 2.01. The molecule has 4 heteroatoms. The molecule has 0 bridgehead atoms. The SMILES string of the molecule is COc1ccc(C(C)NCc2ccn(C)c2)cc1Br. The van der Waals surface area contributed by atoms with Gasteiger partial charge in [-0.25, -0.2) is 0 Å². The number of hydrogen-bond acceptors (Lipinski definition) is 2. The Morgan fingerprint density at radius 2 is 2.16 bits per heavy atom. The Hall–Kier alpha value is -1.26. The van der Waals surface area contributed by atoms with Crippen LogP contribution in [-0.4, -0.2) is 11.7 Å². The predicted molar refractivity (Wildman–Crippen MR) is 81.4 cm³/mol. The van der Waals surface area contributed by atoms with E-state index in [2.05, 4.69) is 63.3 Å². The van der Waals surface area contributed by atoms with Gasteiger partial charge in [0.1, 0.15) is 5.75 Å². The molecule has 0 saturated carbocycles. The lowest BCUT2D eigenvalue weighted by molar-refractivity contribution is 0.411. The lowest BCUT2D eigenvalue weighted by Gasteiger charge is -2.15. The average molecular weight is 323 g/mol. The summed E-state index contributed by atoms with van der Waals surface area (Å²) in [6.45, 7) is 3.03. The highest BCUT2D eigenvalue weighted by atomic mass is 79.9. The highest BCUT2D eigenvalue weighted by molar-refractivity contribution is 9.10. The van der Waals surface area contributed by atoms with Crippen LogP contribution >= 0.6 is 15.9 Å². The summed E-state index contributed by atoms with van der Waals surface area (Å²) in [5, 5.41) is 3.52. The smallest absolute Gasteiger partial charge is 0.133 e. The van der Waals surface area contributed by atoms with Crippen LogP contribution < -0.4 is 10.1 Å². The number of ether oxygens (including phenoxy) is 1. The van der Waals surface area contributed by atoms with E-state index in [4.69, 9.17) is 4.74 Å². The van der Waals surface area contributed by atoms with Crippen molar-refractivity contribution in [2.45, 2.75) is 19.5 Å². The van der Waals surface area contributed by atoms with Gasteiger partial charge in [0, 0.05) is 32.0 Å². The molecule has 102 valence electrons. The number of nitrogens with one attached hydrogen (secondary N) is 1. The standard InChI is InChI=1S/C15H19BrN2O/c1-11(17-9-12-6-7-18(2)10-12)13-4-5-15(19-3)14(16)8-13/h4-8,10-11,17H,9H2,1-3H3. The zero-order chi connectivity index (χ0) is 13.8. The minimum atomic E-state index is 0.294. The topological polar surface area (TPSA) is 26.2 Å². The molecular weight excluding hydrogens is 304 g/mol. The summed E-state index contributed by atoms with van der Waals surface area (Å²) >= 11 is 3.52. The molecule has 19 heavy (non-hydrogen) atoms. The minimum absolute atomic E-state index is 0.294. The van der Waals surface area contributed by atoms with Crippen molar-refractivity contribution in [3.63, 3.8) is 0 Å². The fourth-order valence-corrected chi connectivity index (χ4v) is 2.56. The van der Waals surface area contributed by atoms with E-state index in [0.717, 1.165) is 16.8 Å². The number of aromatic nitrogens is 1. The molecule has 0 saturated heterocycles. The molecule has 0 aliphatic carbocycles.